The number of hydrogen-bond acceptors (Lipinski definition) is 4. The predicted molar refractivity (Wildman–Crippen MR) is 68.7 cm³/mol. The molecule has 2 aromatic rings. The lowest BCUT2D eigenvalue weighted by molar-refractivity contribution is 0.0382. The average Bonchev–Trinajstić information content (AvgIpc) is 2.82. The lowest BCUT2D eigenvalue weighted by Gasteiger charge is -2.25. The van der Waals surface area contributed by atoms with Gasteiger partial charge in [-0.05, 0) is 19.1 Å². The Morgan fingerprint density at radius 2 is 2.11 bits per heavy atom. The highest BCUT2D eigenvalue weighted by molar-refractivity contribution is 5.38. The predicted octanol–water partition coefficient (Wildman–Crippen LogP) is 0.912. The fraction of sp³-hybridized carbons (Fsp3) is 0.538. The highest BCUT2D eigenvalue weighted by Gasteiger charge is 2.11. The first kappa shape index (κ1) is 11.6. The Hall–Kier alpha value is -1.46. The van der Waals surface area contributed by atoms with Crippen molar-refractivity contribution in [2.24, 2.45) is 0 Å². The average molecular weight is 246 g/mol. The summed E-state index contributed by atoms with van der Waals surface area (Å²) in [7, 11) is 0. The first-order valence-corrected chi connectivity index (χ1v) is 6.44. The highest BCUT2D eigenvalue weighted by atomic mass is 16.5. The molecule has 0 atom stereocenters. The molecule has 0 N–H and O–H groups in total. The van der Waals surface area contributed by atoms with Crippen molar-refractivity contribution >= 4 is 5.65 Å². The van der Waals surface area contributed by atoms with Gasteiger partial charge < -0.3 is 4.74 Å². The zero-order chi connectivity index (χ0) is 12.4. The van der Waals surface area contributed by atoms with Crippen LogP contribution in [0.5, 0.6) is 0 Å². The fourth-order valence-corrected chi connectivity index (χ4v) is 2.27. The zero-order valence-electron chi connectivity index (χ0n) is 10.7. The van der Waals surface area contributed by atoms with Crippen LogP contribution in [-0.2, 0) is 11.2 Å². The summed E-state index contributed by atoms with van der Waals surface area (Å²) >= 11 is 0. The Morgan fingerprint density at radius 1 is 1.28 bits per heavy atom. The minimum absolute atomic E-state index is 0.845. The Balaban J connectivity index is 1.69. The second-order valence-electron chi connectivity index (χ2n) is 4.67. The SMILES string of the molecule is Cc1cccc2nc(CCN3CCOCC3)nn12. The highest BCUT2D eigenvalue weighted by Crippen LogP contribution is 2.06. The first-order valence-electron chi connectivity index (χ1n) is 6.44. The number of aromatic nitrogens is 3. The van der Waals surface area contributed by atoms with Crippen LogP contribution in [0.15, 0.2) is 18.2 Å². The number of ether oxygens (including phenoxy) is 1. The van der Waals surface area contributed by atoms with Gasteiger partial charge in [0, 0.05) is 31.7 Å². The number of hydrogen-bond donors (Lipinski definition) is 0. The molecule has 18 heavy (non-hydrogen) atoms. The molecular formula is C13H18N4O. The van der Waals surface area contributed by atoms with Gasteiger partial charge in [-0.15, -0.1) is 0 Å². The molecule has 3 rings (SSSR count). The maximum atomic E-state index is 5.34. The van der Waals surface area contributed by atoms with Crippen molar-refractivity contribution in [1.82, 2.24) is 19.5 Å². The van der Waals surface area contributed by atoms with Gasteiger partial charge in [-0.1, -0.05) is 6.07 Å². The summed E-state index contributed by atoms with van der Waals surface area (Å²) in [5.41, 5.74) is 2.06. The van der Waals surface area contributed by atoms with Crippen molar-refractivity contribution in [3.05, 3.63) is 29.7 Å². The Bertz CT molecular complexity index is 531. The summed E-state index contributed by atoms with van der Waals surface area (Å²) in [5, 5.41) is 4.54. The number of aryl methyl sites for hydroxylation is 1. The molecule has 5 nitrogen and oxygen atoms in total. The van der Waals surface area contributed by atoms with E-state index in [-0.39, 0.29) is 0 Å². The van der Waals surface area contributed by atoms with Gasteiger partial charge in [0.2, 0.25) is 0 Å². The van der Waals surface area contributed by atoms with E-state index >= 15 is 0 Å². The topological polar surface area (TPSA) is 42.7 Å². The van der Waals surface area contributed by atoms with Crippen molar-refractivity contribution in [1.29, 1.82) is 0 Å². The molecule has 0 saturated carbocycles. The maximum absolute atomic E-state index is 5.34. The molecule has 1 aliphatic heterocycles. The second-order valence-corrected chi connectivity index (χ2v) is 4.67. The number of nitrogens with zero attached hydrogens (tertiary/aromatic N) is 4. The lowest BCUT2D eigenvalue weighted by Crippen LogP contribution is -2.37. The van der Waals surface area contributed by atoms with Gasteiger partial charge in [0.15, 0.2) is 11.5 Å². The molecule has 0 aromatic carbocycles. The van der Waals surface area contributed by atoms with Gasteiger partial charge in [-0.2, -0.15) is 5.10 Å². The van der Waals surface area contributed by atoms with Crippen LogP contribution in [-0.4, -0.2) is 52.3 Å². The van der Waals surface area contributed by atoms with Crippen LogP contribution in [0.4, 0.5) is 0 Å². The third-order valence-electron chi connectivity index (χ3n) is 3.35. The molecule has 0 amide bonds. The fourth-order valence-electron chi connectivity index (χ4n) is 2.27. The van der Waals surface area contributed by atoms with E-state index in [0.29, 0.717) is 0 Å². The standard InChI is InChI=1S/C13H18N4O/c1-11-3-2-4-13-14-12(15-17(11)13)5-6-16-7-9-18-10-8-16/h2-4H,5-10H2,1H3. The third kappa shape index (κ3) is 2.37. The zero-order valence-corrected chi connectivity index (χ0v) is 10.7. The maximum Gasteiger partial charge on any atom is 0.155 e. The van der Waals surface area contributed by atoms with E-state index in [9.17, 15) is 0 Å². The minimum Gasteiger partial charge on any atom is -0.379 e. The van der Waals surface area contributed by atoms with Crippen LogP contribution < -0.4 is 0 Å². The summed E-state index contributed by atoms with van der Waals surface area (Å²) < 4.78 is 7.25. The van der Waals surface area contributed by atoms with Gasteiger partial charge in [-0.3, -0.25) is 4.90 Å². The number of pyridine rings is 1. The van der Waals surface area contributed by atoms with Crippen molar-refractivity contribution in [3.63, 3.8) is 0 Å². The van der Waals surface area contributed by atoms with Gasteiger partial charge in [0.25, 0.3) is 0 Å². The molecule has 1 aliphatic rings. The molecule has 0 bridgehead atoms. The Morgan fingerprint density at radius 3 is 2.89 bits per heavy atom. The number of morpholine rings is 1. The van der Waals surface area contributed by atoms with E-state index < -0.39 is 0 Å². The Labute approximate surface area is 106 Å². The molecule has 0 spiro atoms. The van der Waals surface area contributed by atoms with E-state index in [2.05, 4.69) is 15.0 Å². The van der Waals surface area contributed by atoms with Crippen molar-refractivity contribution in [2.75, 3.05) is 32.8 Å². The molecule has 5 heteroatoms. The molecule has 0 aliphatic carbocycles. The summed E-state index contributed by atoms with van der Waals surface area (Å²) in [4.78, 5) is 6.96. The van der Waals surface area contributed by atoms with E-state index in [1.54, 1.807) is 0 Å². The molecule has 96 valence electrons. The molecule has 1 fully saturated rings. The van der Waals surface area contributed by atoms with Crippen LogP contribution >= 0.6 is 0 Å². The van der Waals surface area contributed by atoms with Crippen molar-refractivity contribution < 1.29 is 4.74 Å². The van der Waals surface area contributed by atoms with Crippen LogP contribution in [0.25, 0.3) is 5.65 Å². The van der Waals surface area contributed by atoms with E-state index in [4.69, 9.17) is 4.74 Å². The van der Waals surface area contributed by atoms with Crippen molar-refractivity contribution in [3.8, 4) is 0 Å². The summed E-state index contributed by atoms with van der Waals surface area (Å²) in [6, 6.07) is 6.07. The normalized spacial score (nSPS) is 17.4. The largest absolute Gasteiger partial charge is 0.379 e. The van der Waals surface area contributed by atoms with Crippen LogP contribution in [0, 0.1) is 6.92 Å². The molecule has 3 heterocycles. The number of rotatable bonds is 3. The Kier molecular flexibility index (Phi) is 3.25. The molecule has 0 radical (unpaired) electrons. The molecule has 1 saturated heterocycles. The van der Waals surface area contributed by atoms with Gasteiger partial charge in [0.05, 0.1) is 13.2 Å². The van der Waals surface area contributed by atoms with Crippen molar-refractivity contribution in [2.45, 2.75) is 13.3 Å². The van der Waals surface area contributed by atoms with Gasteiger partial charge in [0.1, 0.15) is 0 Å². The summed E-state index contributed by atoms with van der Waals surface area (Å²) in [5.74, 6) is 0.927. The molecule has 0 unspecified atom stereocenters. The van der Waals surface area contributed by atoms with E-state index in [1.165, 1.54) is 0 Å². The van der Waals surface area contributed by atoms with Crippen LogP contribution in [0.2, 0.25) is 0 Å². The monoisotopic (exact) mass is 246 g/mol. The second kappa shape index (κ2) is 5.04. The lowest BCUT2D eigenvalue weighted by atomic mass is 10.3. The van der Waals surface area contributed by atoms with E-state index in [1.807, 2.05) is 29.6 Å². The quantitative estimate of drug-likeness (QED) is 0.807. The minimum atomic E-state index is 0.845. The van der Waals surface area contributed by atoms with E-state index in [0.717, 1.165) is 56.4 Å². The molecular weight excluding hydrogens is 228 g/mol. The summed E-state index contributed by atoms with van der Waals surface area (Å²) in [6.45, 7) is 6.79. The van der Waals surface area contributed by atoms with Crippen LogP contribution in [0.1, 0.15) is 11.5 Å². The number of fused-ring (bicyclic) bond motifs is 1. The van der Waals surface area contributed by atoms with Crippen LogP contribution in [0.3, 0.4) is 0 Å². The smallest absolute Gasteiger partial charge is 0.155 e. The molecule has 2 aromatic heterocycles. The van der Waals surface area contributed by atoms with Gasteiger partial charge >= 0.3 is 0 Å². The first-order chi connectivity index (χ1) is 8.83. The van der Waals surface area contributed by atoms with Gasteiger partial charge in [-0.25, -0.2) is 9.50 Å². The third-order valence-corrected chi connectivity index (χ3v) is 3.35. The summed E-state index contributed by atoms with van der Waals surface area (Å²) in [6.07, 6.45) is 0.904.